The number of aliphatic hydroxyl groups is 1. The fourth-order valence-corrected chi connectivity index (χ4v) is 2.22. The number of amides is 1. The second-order valence-corrected chi connectivity index (χ2v) is 5.39. The van der Waals surface area contributed by atoms with Crippen LogP contribution in [0.15, 0.2) is 54.6 Å². The third-order valence-electron chi connectivity index (χ3n) is 3.61. The van der Waals surface area contributed by atoms with Gasteiger partial charge >= 0.3 is 6.09 Å². The molecule has 1 aliphatic heterocycles. The predicted octanol–water partition coefficient (Wildman–Crippen LogP) is 2.57. The summed E-state index contributed by atoms with van der Waals surface area (Å²) in [7, 11) is 0. The minimum atomic E-state index is -0.550. The summed E-state index contributed by atoms with van der Waals surface area (Å²) in [4.78, 5) is 11.9. The van der Waals surface area contributed by atoms with Crippen molar-refractivity contribution in [1.29, 1.82) is 0 Å². The normalized spacial score (nSPS) is 18.7. The number of epoxide rings is 1. The molecule has 2 aromatic carbocycles. The molecule has 3 rings (SSSR count). The lowest BCUT2D eigenvalue weighted by Crippen LogP contribution is -2.15. The van der Waals surface area contributed by atoms with Crippen LogP contribution in [0.3, 0.4) is 0 Å². The third kappa shape index (κ3) is 4.47. The van der Waals surface area contributed by atoms with Gasteiger partial charge in [-0.2, -0.15) is 0 Å². The molecule has 1 amide bonds. The molecule has 0 aliphatic carbocycles. The van der Waals surface area contributed by atoms with Gasteiger partial charge in [-0.1, -0.05) is 42.5 Å². The van der Waals surface area contributed by atoms with Crippen LogP contribution in [-0.4, -0.2) is 36.6 Å². The Labute approximate surface area is 140 Å². The van der Waals surface area contributed by atoms with Crippen LogP contribution in [-0.2, 0) is 16.1 Å². The van der Waals surface area contributed by atoms with Gasteiger partial charge in [0.25, 0.3) is 0 Å². The van der Waals surface area contributed by atoms with Gasteiger partial charge in [0.1, 0.15) is 31.2 Å². The molecule has 126 valence electrons. The largest absolute Gasteiger partial charge is 0.489 e. The van der Waals surface area contributed by atoms with Gasteiger partial charge in [-0.3, -0.25) is 5.32 Å². The summed E-state index contributed by atoms with van der Waals surface area (Å²) in [6, 6.07) is 16.5. The molecule has 0 unspecified atom stereocenters. The topological polar surface area (TPSA) is 80.3 Å². The van der Waals surface area contributed by atoms with Crippen LogP contribution in [0.1, 0.15) is 5.56 Å². The number of hydrogen-bond donors (Lipinski definition) is 2. The highest BCUT2D eigenvalue weighted by molar-refractivity contribution is 5.86. The molecule has 1 heterocycles. The number of nitrogens with one attached hydrogen (secondary N) is 1. The van der Waals surface area contributed by atoms with Crippen LogP contribution in [0.25, 0.3) is 0 Å². The molecule has 1 aliphatic rings. The Balaban J connectivity index is 1.51. The summed E-state index contributed by atoms with van der Waals surface area (Å²) >= 11 is 0. The number of para-hydroxylation sites is 2. The van der Waals surface area contributed by atoms with E-state index >= 15 is 0 Å². The van der Waals surface area contributed by atoms with E-state index in [2.05, 4.69) is 5.32 Å². The van der Waals surface area contributed by atoms with Gasteiger partial charge in [0.15, 0.2) is 0 Å². The number of carbonyl (C=O) groups is 1. The van der Waals surface area contributed by atoms with E-state index in [1.807, 2.05) is 36.4 Å². The first-order valence-electron chi connectivity index (χ1n) is 7.72. The number of aliphatic hydroxyl groups excluding tert-OH is 1. The number of hydrogen-bond acceptors (Lipinski definition) is 5. The minimum Gasteiger partial charge on any atom is -0.489 e. The smallest absolute Gasteiger partial charge is 0.412 e. The van der Waals surface area contributed by atoms with Crippen molar-refractivity contribution in [2.45, 2.75) is 18.8 Å². The maximum atomic E-state index is 11.9. The molecule has 0 bridgehead atoms. The van der Waals surface area contributed by atoms with E-state index in [0.29, 0.717) is 18.0 Å². The number of carbonyl (C=O) groups excluding carboxylic acids is 1. The first kappa shape index (κ1) is 16.3. The summed E-state index contributed by atoms with van der Waals surface area (Å²) in [6.07, 6.45) is -0.806. The molecule has 2 atom stereocenters. The average molecular weight is 329 g/mol. The maximum Gasteiger partial charge on any atom is 0.412 e. The van der Waals surface area contributed by atoms with Crippen molar-refractivity contribution >= 4 is 11.8 Å². The number of rotatable bonds is 7. The highest BCUT2D eigenvalue weighted by Gasteiger charge is 2.38. The van der Waals surface area contributed by atoms with Gasteiger partial charge in [0.2, 0.25) is 0 Å². The third-order valence-corrected chi connectivity index (χ3v) is 3.61. The SMILES string of the molecule is O=C(Nc1ccccc1OC[C@H]1O[C@H]1CO)OCc1ccccc1. The molecule has 0 saturated carbocycles. The van der Waals surface area contributed by atoms with E-state index in [9.17, 15) is 4.79 Å². The predicted molar refractivity (Wildman–Crippen MR) is 87.9 cm³/mol. The standard InChI is InChI=1S/C18H19NO5/c20-10-16-17(24-16)12-22-15-9-5-4-8-14(15)19-18(21)23-11-13-6-2-1-3-7-13/h1-9,16-17,20H,10-12H2,(H,19,21)/t16-,17+/m0/s1. The molecule has 6 nitrogen and oxygen atoms in total. The maximum absolute atomic E-state index is 11.9. The highest BCUT2D eigenvalue weighted by atomic mass is 16.6. The van der Waals surface area contributed by atoms with Crippen molar-refractivity contribution in [1.82, 2.24) is 0 Å². The lowest BCUT2D eigenvalue weighted by atomic mass is 10.2. The Morgan fingerprint density at radius 2 is 1.83 bits per heavy atom. The summed E-state index contributed by atoms with van der Waals surface area (Å²) in [5, 5.41) is 11.6. The van der Waals surface area contributed by atoms with E-state index in [1.165, 1.54) is 0 Å². The molecule has 24 heavy (non-hydrogen) atoms. The van der Waals surface area contributed by atoms with Crippen LogP contribution in [0.4, 0.5) is 10.5 Å². The first-order valence-corrected chi connectivity index (χ1v) is 7.72. The van der Waals surface area contributed by atoms with Crippen molar-refractivity contribution in [3.63, 3.8) is 0 Å². The Kier molecular flexibility index (Phi) is 5.30. The van der Waals surface area contributed by atoms with Gasteiger partial charge in [0.05, 0.1) is 12.3 Å². The monoisotopic (exact) mass is 329 g/mol. The summed E-state index contributed by atoms with van der Waals surface area (Å²) in [5.41, 5.74) is 1.44. The number of benzene rings is 2. The Morgan fingerprint density at radius 1 is 1.08 bits per heavy atom. The number of ether oxygens (including phenoxy) is 3. The van der Waals surface area contributed by atoms with Gasteiger partial charge in [-0.15, -0.1) is 0 Å². The Hall–Kier alpha value is -2.57. The zero-order valence-electron chi connectivity index (χ0n) is 13.1. The van der Waals surface area contributed by atoms with Gasteiger partial charge in [-0.05, 0) is 17.7 Å². The van der Waals surface area contributed by atoms with Gasteiger partial charge in [0, 0.05) is 0 Å². The van der Waals surface area contributed by atoms with Crippen molar-refractivity contribution in [2.24, 2.45) is 0 Å². The van der Waals surface area contributed by atoms with E-state index < -0.39 is 6.09 Å². The fraction of sp³-hybridized carbons (Fsp3) is 0.278. The summed E-state index contributed by atoms with van der Waals surface area (Å²) in [5.74, 6) is 0.529. The second-order valence-electron chi connectivity index (χ2n) is 5.39. The van der Waals surface area contributed by atoms with Crippen LogP contribution in [0.2, 0.25) is 0 Å². The Morgan fingerprint density at radius 3 is 2.58 bits per heavy atom. The summed E-state index contributed by atoms with van der Waals surface area (Å²) in [6.45, 7) is 0.506. The van der Waals surface area contributed by atoms with E-state index in [1.54, 1.807) is 18.2 Å². The zero-order chi connectivity index (χ0) is 16.8. The van der Waals surface area contributed by atoms with Crippen molar-refractivity contribution in [3.05, 3.63) is 60.2 Å². The molecule has 6 heteroatoms. The molecule has 0 radical (unpaired) electrons. The molecule has 2 aromatic rings. The van der Waals surface area contributed by atoms with Gasteiger partial charge in [-0.25, -0.2) is 4.79 Å². The molecular weight excluding hydrogens is 310 g/mol. The van der Waals surface area contributed by atoms with E-state index in [-0.39, 0.29) is 25.4 Å². The van der Waals surface area contributed by atoms with Gasteiger partial charge < -0.3 is 19.3 Å². The molecule has 0 aromatic heterocycles. The molecule has 1 fully saturated rings. The molecular formula is C18H19NO5. The van der Waals surface area contributed by atoms with Crippen molar-refractivity contribution in [2.75, 3.05) is 18.5 Å². The highest BCUT2D eigenvalue weighted by Crippen LogP contribution is 2.27. The van der Waals surface area contributed by atoms with Crippen LogP contribution < -0.4 is 10.1 Å². The quantitative estimate of drug-likeness (QED) is 0.763. The lowest BCUT2D eigenvalue weighted by molar-refractivity contribution is 0.155. The fourth-order valence-electron chi connectivity index (χ4n) is 2.22. The van der Waals surface area contributed by atoms with E-state index in [4.69, 9.17) is 19.3 Å². The van der Waals surface area contributed by atoms with Crippen molar-refractivity contribution in [3.8, 4) is 5.75 Å². The summed E-state index contributed by atoms with van der Waals surface area (Å²) < 4.78 is 16.1. The Bertz CT molecular complexity index is 676. The first-order chi connectivity index (χ1) is 11.8. The average Bonchev–Trinajstić information content (AvgIpc) is 3.39. The molecule has 2 N–H and O–H groups in total. The zero-order valence-corrected chi connectivity index (χ0v) is 13.1. The molecule has 0 spiro atoms. The van der Waals surface area contributed by atoms with Crippen molar-refractivity contribution < 1.29 is 24.1 Å². The van der Waals surface area contributed by atoms with Crippen LogP contribution in [0, 0.1) is 0 Å². The lowest BCUT2D eigenvalue weighted by Gasteiger charge is -2.12. The van der Waals surface area contributed by atoms with E-state index in [0.717, 1.165) is 5.56 Å². The number of anilines is 1. The minimum absolute atomic E-state index is 0.0142. The molecule has 1 saturated heterocycles. The van der Waals surface area contributed by atoms with Crippen LogP contribution >= 0.6 is 0 Å². The van der Waals surface area contributed by atoms with Crippen LogP contribution in [0.5, 0.6) is 5.75 Å². The second kappa shape index (κ2) is 7.81.